The monoisotopic (exact) mass is 295 g/mol. The van der Waals surface area contributed by atoms with Crippen LogP contribution in [0.4, 0.5) is 13.2 Å². The summed E-state index contributed by atoms with van der Waals surface area (Å²) in [6, 6.07) is -0.141. The first-order valence-electron chi connectivity index (χ1n) is 5.38. The van der Waals surface area contributed by atoms with Crippen LogP contribution in [0.25, 0.3) is 0 Å². The molecule has 1 rings (SSSR count). The first-order chi connectivity index (χ1) is 8.78. The molecule has 0 aliphatic carbocycles. The van der Waals surface area contributed by atoms with Gasteiger partial charge in [0.15, 0.2) is 0 Å². The van der Waals surface area contributed by atoms with Gasteiger partial charge in [-0.25, -0.2) is 4.79 Å². The minimum atomic E-state index is -4.64. The average molecular weight is 295 g/mol. The highest BCUT2D eigenvalue weighted by molar-refractivity contribution is 7.07. The van der Waals surface area contributed by atoms with E-state index in [0.29, 0.717) is 6.42 Å². The van der Waals surface area contributed by atoms with Gasteiger partial charge >= 0.3 is 12.1 Å². The molecule has 106 valence electrons. The molecule has 1 heterocycles. The number of hydrogen-bond donors (Lipinski definition) is 2. The molecule has 19 heavy (non-hydrogen) atoms. The van der Waals surface area contributed by atoms with Crippen molar-refractivity contribution in [2.45, 2.75) is 31.5 Å². The molecule has 8 heteroatoms. The van der Waals surface area contributed by atoms with Crippen LogP contribution in [0.2, 0.25) is 0 Å². The zero-order valence-electron chi connectivity index (χ0n) is 9.74. The lowest BCUT2D eigenvalue weighted by molar-refractivity contribution is -0.160. The summed E-state index contributed by atoms with van der Waals surface area (Å²) in [7, 11) is 0. The predicted octanol–water partition coefficient (Wildman–Crippen LogP) is 2.20. The minimum Gasteiger partial charge on any atom is -0.480 e. The first-order valence-corrected chi connectivity index (χ1v) is 6.32. The summed E-state index contributed by atoms with van der Waals surface area (Å²) in [6.07, 6.45) is -5.89. The van der Waals surface area contributed by atoms with E-state index >= 15 is 0 Å². The topological polar surface area (TPSA) is 66.4 Å². The first kappa shape index (κ1) is 15.5. The highest BCUT2D eigenvalue weighted by Crippen LogP contribution is 2.21. The van der Waals surface area contributed by atoms with E-state index in [1.165, 1.54) is 11.3 Å². The quantitative estimate of drug-likeness (QED) is 0.845. The van der Waals surface area contributed by atoms with E-state index < -0.39 is 30.5 Å². The van der Waals surface area contributed by atoms with E-state index in [1.54, 1.807) is 6.07 Å². The number of carboxylic acid groups (broad SMARTS) is 1. The van der Waals surface area contributed by atoms with Gasteiger partial charge in [-0.05, 0) is 28.8 Å². The standard InChI is InChI=1S/C11H12F3NO3S/c12-11(13,14)5-8(10(17)18)15-9(16)2-1-7-3-4-19-6-7/h3-4,6,8H,1-2,5H2,(H,15,16)(H,17,18). The van der Waals surface area contributed by atoms with Gasteiger partial charge in [-0.15, -0.1) is 0 Å². The highest BCUT2D eigenvalue weighted by Gasteiger charge is 2.36. The zero-order chi connectivity index (χ0) is 14.5. The molecule has 0 spiro atoms. The van der Waals surface area contributed by atoms with Crippen molar-refractivity contribution in [1.29, 1.82) is 0 Å². The molecule has 1 amide bonds. The Morgan fingerprint density at radius 1 is 1.42 bits per heavy atom. The Bertz CT molecular complexity index is 431. The summed E-state index contributed by atoms with van der Waals surface area (Å²) in [5.41, 5.74) is 0.892. The van der Waals surface area contributed by atoms with Crippen LogP contribution in [0, 0.1) is 0 Å². The Balaban J connectivity index is 2.45. The van der Waals surface area contributed by atoms with Gasteiger partial charge in [0.1, 0.15) is 6.04 Å². The van der Waals surface area contributed by atoms with E-state index in [4.69, 9.17) is 5.11 Å². The molecule has 0 radical (unpaired) electrons. The molecule has 0 aliphatic heterocycles. The molecule has 1 atom stereocenters. The lowest BCUT2D eigenvalue weighted by atomic mass is 10.1. The number of halogens is 3. The second-order valence-corrected chi connectivity index (χ2v) is 4.69. The third-order valence-electron chi connectivity index (χ3n) is 2.29. The van der Waals surface area contributed by atoms with Crippen LogP contribution >= 0.6 is 11.3 Å². The molecule has 0 aliphatic rings. The van der Waals surface area contributed by atoms with Crippen LogP contribution in [-0.4, -0.2) is 29.2 Å². The smallest absolute Gasteiger partial charge is 0.391 e. The third kappa shape index (κ3) is 6.23. The number of aryl methyl sites for hydroxylation is 1. The summed E-state index contributed by atoms with van der Waals surface area (Å²) < 4.78 is 36.3. The lowest BCUT2D eigenvalue weighted by Gasteiger charge is -2.16. The molecule has 2 N–H and O–H groups in total. The van der Waals surface area contributed by atoms with Crippen molar-refractivity contribution in [3.8, 4) is 0 Å². The number of thiophene rings is 1. The van der Waals surface area contributed by atoms with Crippen LogP contribution in [0.3, 0.4) is 0 Å². The van der Waals surface area contributed by atoms with Crippen molar-refractivity contribution in [1.82, 2.24) is 5.32 Å². The molecule has 0 saturated carbocycles. The number of rotatable bonds is 6. The van der Waals surface area contributed by atoms with Gasteiger partial charge < -0.3 is 10.4 Å². The average Bonchev–Trinajstić information content (AvgIpc) is 2.76. The van der Waals surface area contributed by atoms with Gasteiger partial charge in [0.25, 0.3) is 0 Å². The molecule has 1 unspecified atom stereocenters. The molecule has 0 bridgehead atoms. The molecular weight excluding hydrogens is 283 g/mol. The maximum Gasteiger partial charge on any atom is 0.391 e. The largest absolute Gasteiger partial charge is 0.480 e. The van der Waals surface area contributed by atoms with Crippen LogP contribution in [0.1, 0.15) is 18.4 Å². The summed E-state index contributed by atoms with van der Waals surface area (Å²) >= 11 is 1.44. The highest BCUT2D eigenvalue weighted by atomic mass is 32.1. The summed E-state index contributed by atoms with van der Waals surface area (Å²) in [5.74, 6) is -2.40. The maximum absolute atomic E-state index is 12.1. The van der Waals surface area contributed by atoms with Crippen LogP contribution in [0.5, 0.6) is 0 Å². The molecular formula is C11H12F3NO3S. The van der Waals surface area contributed by atoms with Gasteiger partial charge in [-0.2, -0.15) is 24.5 Å². The van der Waals surface area contributed by atoms with Gasteiger partial charge in [0.2, 0.25) is 5.91 Å². The molecule has 0 saturated heterocycles. The molecule has 1 aromatic rings. The van der Waals surface area contributed by atoms with Gasteiger partial charge in [-0.1, -0.05) is 0 Å². The fourth-order valence-electron chi connectivity index (χ4n) is 1.39. The number of carbonyl (C=O) groups excluding carboxylic acids is 1. The number of carboxylic acids is 1. The number of alkyl halides is 3. The normalized spacial score (nSPS) is 13.0. The van der Waals surface area contributed by atoms with Crippen LogP contribution in [0.15, 0.2) is 16.8 Å². The lowest BCUT2D eigenvalue weighted by Crippen LogP contribution is -2.43. The Labute approximate surface area is 111 Å². The van der Waals surface area contributed by atoms with E-state index in [2.05, 4.69) is 0 Å². The number of hydrogen-bond acceptors (Lipinski definition) is 3. The molecule has 4 nitrogen and oxygen atoms in total. The second-order valence-electron chi connectivity index (χ2n) is 3.91. The van der Waals surface area contributed by atoms with Crippen LogP contribution in [-0.2, 0) is 16.0 Å². The number of aliphatic carboxylic acids is 1. The predicted molar refractivity (Wildman–Crippen MR) is 62.9 cm³/mol. The second kappa shape index (κ2) is 6.55. The summed E-state index contributed by atoms with van der Waals surface area (Å²) in [4.78, 5) is 22.0. The molecule has 0 fully saturated rings. The number of nitrogens with one attached hydrogen (secondary N) is 1. The van der Waals surface area contributed by atoms with E-state index in [0.717, 1.165) is 5.56 Å². The maximum atomic E-state index is 12.1. The minimum absolute atomic E-state index is 0.0433. The van der Waals surface area contributed by atoms with Crippen molar-refractivity contribution in [3.63, 3.8) is 0 Å². The van der Waals surface area contributed by atoms with Crippen LogP contribution < -0.4 is 5.32 Å². The van der Waals surface area contributed by atoms with Crippen molar-refractivity contribution < 1.29 is 27.9 Å². The Hall–Kier alpha value is -1.57. The molecule has 1 aromatic heterocycles. The van der Waals surface area contributed by atoms with Crippen molar-refractivity contribution in [3.05, 3.63) is 22.4 Å². The van der Waals surface area contributed by atoms with Crippen molar-refractivity contribution >= 4 is 23.2 Å². The third-order valence-corrected chi connectivity index (χ3v) is 3.02. The van der Waals surface area contributed by atoms with Crippen molar-refractivity contribution in [2.24, 2.45) is 0 Å². The van der Waals surface area contributed by atoms with Gasteiger partial charge in [0, 0.05) is 6.42 Å². The number of amides is 1. The zero-order valence-corrected chi connectivity index (χ0v) is 10.6. The van der Waals surface area contributed by atoms with E-state index in [9.17, 15) is 22.8 Å². The SMILES string of the molecule is O=C(CCc1ccsc1)NC(CC(F)(F)F)C(=O)O. The fourth-order valence-corrected chi connectivity index (χ4v) is 2.09. The Morgan fingerprint density at radius 3 is 2.58 bits per heavy atom. The van der Waals surface area contributed by atoms with Gasteiger partial charge in [-0.3, -0.25) is 4.79 Å². The Kier molecular flexibility index (Phi) is 5.34. The fraction of sp³-hybridized carbons (Fsp3) is 0.455. The van der Waals surface area contributed by atoms with E-state index in [-0.39, 0.29) is 6.42 Å². The van der Waals surface area contributed by atoms with E-state index in [1.807, 2.05) is 16.1 Å². The van der Waals surface area contributed by atoms with Gasteiger partial charge in [0.05, 0.1) is 6.42 Å². The number of carbonyl (C=O) groups is 2. The van der Waals surface area contributed by atoms with Crippen molar-refractivity contribution in [2.75, 3.05) is 0 Å². The molecule has 0 aromatic carbocycles. The summed E-state index contributed by atoms with van der Waals surface area (Å²) in [6.45, 7) is 0. The summed E-state index contributed by atoms with van der Waals surface area (Å²) in [5, 5.41) is 14.1. The Morgan fingerprint density at radius 2 is 2.11 bits per heavy atom.